The lowest BCUT2D eigenvalue weighted by Crippen LogP contribution is -2.13. The van der Waals surface area contributed by atoms with Crippen LogP contribution < -0.4 is 11.1 Å². The molecule has 0 saturated heterocycles. The van der Waals surface area contributed by atoms with Crippen LogP contribution >= 0.6 is 11.8 Å². The second-order valence-electron chi connectivity index (χ2n) is 4.23. The van der Waals surface area contributed by atoms with Crippen molar-refractivity contribution in [1.29, 1.82) is 0 Å². The van der Waals surface area contributed by atoms with E-state index < -0.39 is 0 Å². The van der Waals surface area contributed by atoms with Gasteiger partial charge in [-0.25, -0.2) is 0 Å². The minimum atomic E-state index is -0.0157. The lowest BCUT2D eigenvalue weighted by atomic mass is 10.2. The van der Waals surface area contributed by atoms with Crippen LogP contribution in [0.1, 0.15) is 5.56 Å². The molecule has 2 aromatic rings. The zero-order valence-corrected chi connectivity index (χ0v) is 11.5. The number of carbonyl (C=O) groups is 1. The molecule has 0 aliphatic carbocycles. The van der Waals surface area contributed by atoms with E-state index in [1.54, 1.807) is 0 Å². The first-order valence-corrected chi connectivity index (χ1v) is 6.97. The highest BCUT2D eigenvalue weighted by Gasteiger charge is 2.05. The second kappa shape index (κ2) is 6.29. The molecule has 0 unspecified atom stereocenters. The number of carbonyl (C=O) groups excluding carboxylic acids is 1. The molecule has 19 heavy (non-hydrogen) atoms. The third-order valence-corrected chi connectivity index (χ3v) is 3.79. The maximum atomic E-state index is 11.8. The summed E-state index contributed by atoms with van der Waals surface area (Å²) < 4.78 is 0. The van der Waals surface area contributed by atoms with Crippen molar-refractivity contribution in [2.24, 2.45) is 0 Å². The predicted octanol–water partition coefficient (Wildman–Crippen LogP) is 3.31. The molecule has 0 bridgehead atoms. The van der Waals surface area contributed by atoms with Gasteiger partial charge in [-0.15, -0.1) is 11.8 Å². The number of aryl methyl sites for hydroxylation is 1. The molecule has 0 aromatic heterocycles. The topological polar surface area (TPSA) is 55.1 Å². The van der Waals surface area contributed by atoms with Crippen molar-refractivity contribution < 1.29 is 4.79 Å². The Bertz CT molecular complexity index is 570. The summed E-state index contributed by atoms with van der Waals surface area (Å²) in [6.45, 7) is 2.01. The molecule has 1 amide bonds. The fourth-order valence-corrected chi connectivity index (χ4v) is 2.51. The van der Waals surface area contributed by atoms with Crippen LogP contribution in [0.2, 0.25) is 0 Å². The fourth-order valence-electron chi connectivity index (χ4n) is 1.63. The van der Waals surface area contributed by atoms with Gasteiger partial charge in [0.2, 0.25) is 5.91 Å². The molecule has 0 heterocycles. The zero-order valence-electron chi connectivity index (χ0n) is 10.7. The Balaban J connectivity index is 1.92. The van der Waals surface area contributed by atoms with Crippen LogP contribution in [-0.2, 0) is 4.79 Å². The van der Waals surface area contributed by atoms with E-state index in [0.717, 1.165) is 21.8 Å². The SMILES string of the molecule is Cc1ccc(N)cc1SCC(=O)Nc1ccccc1. The molecule has 2 aromatic carbocycles. The summed E-state index contributed by atoms with van der Waals surface area (Å²) >= 11 is 1.50. The maximum absolute atomic E-state index is 11.8. The van der Waals surface area contributed by atoms with Crippen LogP contribution in [0.25, 0.3) is 0 Å². The van der Waals surface area contributed by atoms with Crippen LogP contribution in [0.4, 0.5) is 11.4 Å². The van der Waals surface area contributed by atoms with Crippen molar-refractivity contribution in [2.75, 3.05) is 16.8 Å². The number of para-hydroxylation sites is 1. The van der Waals surface area contributed by atoms with Crippen LogP contribution in [0.5, 0.6) is 0 Å². The van der Waals surface area contributed by atoms with Gasteiger partial charge >= 0.3 is 0 Å². The lowest BCUT2D eigenvalue weighted by molar-refractivity contribution is -0.113. The number of hydrogen-bond donors (Lipinski definition) is 2. The standard InChI is InChI=1S/C15H16N2OS/c1-11-7-8-12(16)9-14(11)19-10-15(18)17-13-5-3-2-4-6-13/h2-9H,10,16H2,1H3,(H,17,18). The molecule has 0 fully saturated rings. The molecule has 0 aliphatic heterocycles. The highest BCUT2D eigenvalue weighted by atomic mass is 32.2. The molecular weight excluding hydrogens is 256 g/mol. The number of benzene rings is 2. The molecule has 4 heteroatoms. The number of nitrogens with one attached hydrogen (secondary N) is 1. The maximum Gasteiger partial charge on any atom is 0.234 e. The Morgan fingerprint density at radius 1 is 1.21 bits per heavy atom. The third kappa shape index (κ3) is 4.03. The van der Waals surface area contributed by atoms with E-state index in [9.17, 15) is 4.79 Å². The van der Waals surface area contributed by atoms with Crippen molar-refractivity contribution in [2.45, 2.75) is 11.8 Å². The number of hydrogen-bond acceptors (Lipinski definition) is 3. The van der Waals surface area contributed by atoms with Crippen LogP contribution in [0, 0.1) is 6.92 Å². The third-order valence-electron chi connectivity index (χ3n) is 2.63. The number of thioether (sulfide) groups is 1. The molecule has 0 spiro atoms. The summed E-state index contributed by atoms with van der Waals surface area (Å²) in [7, 11) is 0. The van der Waals surface area contributed by atoms with Crippen molar-refractivity contribution in [3.05, 3.63) is 54.1 Å². The number of nitrogens with two attached hydrogens (primary N) is 1. The summed E-state index contributed by atoms with van der Waals surface area (Å²) in [5.74, 6) is 0.358. The molecule has 3 N–H and O–H groups in total. The normalized spacial score (nSPS) is 10.2. The average Bonchev–Trinajstić information content (AvgIpc) is 2.41. The van der Waals surface area contributed by atoms with Gasteiger partial charge in [0.1, 0.15) is 0 Å². The van der Waals surface area contributed by atoms with Gasteiger partial charge in [0.15, 0.2) is 0 Å². The Kier molecular flexibility index (Phi) is 4.47. The first-order chi connectivity index (χ1) is 9.15. The minimum Gasteiger partial charge on any atom is -0.399 e. The van der Waals surface area contributed by atoms with Gasteiger partial charge in [0.25, 0.3) is 0 Å². The molecule has 0 saturated carbocycles. The second-order valence-corrected chi connectivity index (χ2v) is 5.24. The summed E-state index contributed by atoms with van der Waals surface area (Å²) in [6.07, 6.45) is 0. The van der Waals surface area contributed by atoms with Crippen LogP contribution in [-0.4, -0.2) is 11.7 Å². The van der Waals surface area contributed by atoms with E-state index in [2.05, 4.69) is 5.32 Å². The van der Waals surface area contributed by atoms with E-state index in [0.29, 0.717) is 5.75 Å². The van der Waals surface area contributed by atoms with Crippen molar-refractivity contribution >= 4 is 29.0 Å². The van der Waals surface area contributed by atoms with Crippen LogP contribution in [0.3, 0.4) is 0 Å². The molecule has 0 atom stereocenters. The van der Waals surface area contributed by atoms with E-state index in [4.69, 9.17) is 5.73 Å². The van der Waals surface area contributed by atoms with Gasteiger partial charge in [0.05, 0.1) is 5.75 Å². The molecule has 0 radical (unpaired) electrons. The molecule has 2 rings (SSSR count). The van der Waals surface area contributed by atoms with E-state index >= 15 is 0 Å². The Labute approximate surface area is 117 Å². The number of anilines is 2. The highest BCUT2D eigenvalue weighted by Crippen LogP contribution is 2.24. The molecular formula is C15H16N2OS. The van der Waals surface area contributed by atoms with Gasteiger partial charge in [-0.2, -0.15) is 0 Å². The minimum absolute atomic E-state index is 0.0157. The largest absolute Gasteiger partial charge is 0.399 e. The summed E-state index contributed by atoms with van der Waals surface area (Å²) in [6, 6.07) is 15.2. The number of nitrogen functional groups attached to an aromatic ring is 1. The summed E-state index contributed by atoms with van der Waals surface area (Å²) in [5.41, 5.74) is 8.41. The van der Waals surface area contributed by atoms with Gasteiger partial charge in [-0.05, 0) is 36.8 Å². The van der Waals surface area contributed by atoms with E-state index in [1.165, 1.54) is 11.8 Å². The van der Waals surface area contributed by atoms with Crippen LogP contribution in [0.15, 0.2) is 53.4 Å². The molecule has 3 nitrogen and oxygen atoms in total. The predicted molar refractivity (Wildman–Crippen MR) is 81.4 cm³/mol. The fraction of sp³-hybridized carbons (Fsp3) is 0.133. The lowest BCUT2D eigenvalue weighted by Gasteiger charge is -2.07. The van der Waals surface area contributed by atoms with E-state index in [1.807, 2.05) is 55.5 Å². The Morgan fingerprint density at radius 3 is 2.68 bits per heavy atom. The van der Waals surface area contributed by atoms with Gasteiger partial charge in [0, 0.05) is 16.3 Å². The Hall–Kier alpha value is -1.94. The first-order valence-electron chi connectivity index (χ1n) is 5.99. The zero-order chi connectivity index (χ0) is 13.7. The van der Waals surface area contributed by atoms with Gasteiger partial charge in [-0.1, -0.05) is 24.3 Å². The average molecular weight is 272 g/mol. The number of amides is 1. The molecule has 98 valence electrons. The summed E-state index contributed by atoms with van der Waals surface area (Å²) in [5, 5.41) is 2.86. The smallest absolute Gasteiger partial charge is 0.234 e. The van der Waals surface area contributed by atoms with Crippen molar-refractivity contribution in [3.8, 4) is 0 Å². The van der Waals surface area contributed by atoms with Gasteiger partial charge < -0.3 is 11.1 Å². The Morgan fingerprint density at radius 2 is 1.95 bits per heavy atom. The van der Waals surface area contributed by atoms with Gasteiger partial charge in [-0.3, -0.25) is 4.79 Å². The van der Waals surface area contributed by atoms with Crippen molar-refractivity contribution in [3.63, 3.8) is 0 Å². The number of rotatable bonds is 4. The van der Waals surface area contributed by atoms with Crippen molar-refractivity contribution in [1.82, 2.24) is 0 Å². The highest BCUT2D eigenvalue weighted by molar-refractivity contribution is 8.00. The molecule has 0 aliphatic rings. The monoisotopic (exact) mass is 272 g/mol. The summed E-state index contributed by atoms with van der Waals surface area (Å²) in [4.78, 5) is 12.9. The first kappa shape index (κ1) is 13.5. The van der Waals surface area contributed by atoms with E-state index in [-0.39, 0.29) is 5.91 Å². The quantitative estimate of drug-likeness (QED) is 0.663.